The molecular weight excluding hydrogens is 359 g/mol. The zero-order chi connectivity index (χ0) is 19.7. The summed E-state index contributed by atoms with van der Waals surface area (Å²) >= 11 is 0. The van der Waals surface area contributed by atoms with Crippen LogP contribution in [-0.4, -0.2) is 41.9 Å². The molecule has 1 saturated heterocycles. The van der Waals surface area contributed by atoms with Gasteiger partial charge in [0, 0.05) is 44.2 Å². The van der Waals surface area contributed by atoms with E-state index in [1.54, 1.807) is 17.0 Å². The predicted molar refractivity (Wildman–Crippen MR) is 105 cm³/mol. The highest BCUT2D eigenvalue weighted by Crippen LogP contribution is 2.21. The first kappa shape index (κ1) is 18.4. The fourth-order valence-electron chi connectivity index (χ4n) is 3.62. The molecule has 0 saturated carbocycles. The quantitative estimate of drug-likeness (QED) is 0.655. The number of hydrogen-bond donors (Lipinski definition) is 0. The fraction of sp³-hybridized carbons (Fsp3) is 0.273. The van der Waals surface area contributed by atoms with Gasteiger partial charge in [0.2, 0.25) is 0 Å². The summed E-state index contributed by atoms with van der Waals surface area (Å²) < 4.78 is 19.2. The van der Waals surface area contributed by atoms with Crippen molar-refractivity contribution in [1.29, 1.82) is 0 Å². The molecule has 3 aromatic rings. The van der Waals surface area contributed by atoms with E-state index in [0.29, 0.717) is 38.3 Å². The molecule has 0 aliphatic carbocycles. The second-order valence-corrected chi connectivity index (χ2v) is 7.14. The van der Waals surface area contributed by atoms with Gasteiger partial charge in [-0.3, -0.25) is 9.69 Å². The van der Waals surface area contributed by atoms with E-state index in [9.17, 15) is 14.0 Å². The molecule has 0 atom stereocenters. The summed E-state index contributed by atoms with van der Waals surface area (Å²) in [6.07, 6.45) is 0. The van der Waals surface area contributed by atoms with Crippen molar-refractivity contribution in [2.45, 2.75) is 13.5 Å². The molecule has 0 bridgehead atoms. The van der Waals surface area contributed by atoms with E-state index in [-0.39, 0.29) is 17.1 Å². The Bertz CT molecular complexity index is 1080. The Morgan fingerprint density at radius 2 is 1.82 bits per heavy atom. The van der Waals surface area contributed by atoms with Gasteiger partial charge in [0.15, 0.2) is 0 Å². The molecule has 1 fully saturated rings. The number of halogens is 1. The number of carbonyl (C=O) groups is 1. The standard InChI is InChI=1S/C22H21FN2O3/c1-15-6-7-17-16(13-21(26)28-20(17)12-15)14-24-8-10-25(11-9-24)22(27)18-4-2-3-5-19(18)23/h2-7,12-13H,8-11,14H2,1H3. The third-order valence-corrected chi connectivity index (χ3v) is 5.14. The van der Waals surface area contributed by atoms with Gasteiger partial charge in [0.1, 0.15) is 11.4 Å². The van der Waals surface area contributed by atoms with Gasteiger partial charge in [-0.2, -0.15) is 0 Å². The summed E-state index contributed by atoms with van der Waals surface area (Å²) in [5, 5.41) is 0.926. The minimum atomic E-state index is -0.493. The smallest absolute Gasteiger partial charge is 0.336 e. The summed E-state index contributed by atoms with van der Waals surface area (Å²) in [7, 11) is 0. The van der Waals surface area contributed by atoms with E-state index in [1.807, 2.05) is 25.1 Å². The highest BCUT2D eigenvalue weighted by molar-refractivity contribution is 5.94. The number of rotatable bonds is 3. The first-order valence-electron chi connectivity index (χ1n) is 9.31. The normalized spacial score (nSPS) is 15.1. The minimum Gasteiger partial charge on any atom is -0.423 e. The van der Waals surface area contributed by atoms with Crippen LogP contribution in [0.3, 0.4) is 0 Å². The average molecular weight is 380 g/mol. The topological polar surface area (TPSA) is 53.8 Å². The largest absolute Gasteiger partial charge is 0.423 e. The summed E-state index contributed by atoms with van der Waals surface area (Å²) in [5.41, 5.74) is 2.29. The molecule has 5 nitrogen and oxygen atoms in total. The number of fused-ring (bicyclic) bond motifs is 1. The van der Waals surface area contributed by atoms with Crippen LogP contribution < -0.4 is 5.63 Å². The number of hydrogen-bond acceptors (Lipinski definition) is 4. The third kappa shape index (κ3) is 3.68. The summed E-state index contributed by atoms with van der Waals surface area (Å²) in [5.74, 6) is -0.772. The van der Waals surface area contributed by atoms with Gasteiger partial charge in [-0.05, 0) is 36.2 Å². The lowest BCUT2D eigenvalue weighted by molar-refractivity contribution is 0.0624. The molecule has 1 aliphatic rings. The first-order chi connectivity index (χ1) is 13.5. The summed E-state index contributed by atoms with van der Waals surface area (Å²) in [6.45, 7) is 4.92. The minimum absolute atomic E-state index is 0.109. The maximum Gasteiger partial charge on any atom is 0.336 e. The lowest BCUT2D eigenvalue weighted by Crippen LogP contribution is -2.48. The molecule has 0 unspecified atom stereocenters. The van der Waals surface area contributed by atoms with Crippen LogP contribution in [0.5, 0.6) is 0 Å². The molecule has 144 valence electrons. The van der Waals surface area contributed by atoms with Gasteiger partial charge in [-0.1, -0.05) is 24.3 Å². The van der Waals surface area contributed by atoms with Crippen molar-refractivity contribution in [3.63, 3.8) is 0 Å². The molecule has 4 rings (SSSR count). The van der Waals surface area contributed by atoms with Crippen LogP contribution in [-0.2, 0) is 6.54 Å². The first-order valence-corrected chi connectivity index (χ1v) is 9.31. The number of carbonyl (C=O) groups excluding carboxylic acids is 1. The zero-order valence-corrected chi connectivity index (χ0v) is 15.7. The van der Waals surface area contributed by atoms with E-state index < -0.39 is 5.82 Å². The third-order valence-electron chi connectivity index (χ3n) is 5.14. The van der Waals surface area contributed by atoms with Gasteiger partial charge >= 0.3 is 5.63 Å². The van der Waals surface area contributed by atoms with Crippen LogP contribution >= 0.6 is 0 Å². The highest BCUT2D eigenvalue weighted by atomic mass is 19.1. The van der Waals surface area contributed by atoms with Crippen molar-refractivity contribution in [2.24, 2.45) is 0 Å². The Morgan fingerprint density at radius 1 is 1.07 bits per heavy atom. The van der Waals surface area contributed by atoms with Gasteiger partial charge < -0.3 is 9.32 Å². The lowest BCUT2D eigenvalue weighted by Gasteiger charge is -2.35. The monoisotopic (exact) mass is 380 g/mol. The molecule has 6 heteroatoms. The highest BCUT2D eigenvalue weighted by Gasteiger charge is 2.24. The maximum atomic E-state index is 13.9. The fourth-order valence-corrected chi connectivity index (χ4v) is 3.62. The second kappa shape index (κ2) is 7.56. The maximum absolute atomic E-state index is 13.9. The van der Waals surface area contributed by atoms with Gasteiger partial charge in [-0.25, -0.2) is 9.18 Å². The molecule has 0 spiro atoms. The molecule has 28 heavy (non-hydrogen) atoms. The molecule has 1 aromatic heterocycles. The molecule has 0 N–H and O–H groups in total. The van der Waals surface area contributed by atoms with Crippen LogP contribution in [0.2, 0.25) is 0 Å². The van der Waals surface area contributed by atoms with E-state index in [4.69, 9.17) is 4.42 Å². The number of aryl methyl sites for hydroxylation is 1. The van der Waals surface area contributed by atoms with Crippen LogP contribution in [0.1, 0.15) is 21.5 Å². The molecule has 2 aromatic carbocycles. The van der Waals surface area contributed by atoms with Crippen LogP contribution in [0.4, 0.5) is 4.39 Å². The number of piperazine rings is 1. The van der Waals surface area contributed by atoms with Crippen molar-refractivity contribution < 1.29 is 13.6 Å². The van der Waals surface area contributed by atoms with Crippen LogP contribution in [0, 0.1) is 12.7 Å². The molecule has 1 aliphatic heterocycles. The summed E-state index contributed by atoms with van der Waals surface area (Å²) in [4.78, 5) is 28.3. The van der Waals surface area contributed by atoms with Crippen molar-refractivity contribution in [2.75, 3.05) is 26.2 Å². The van der Waals surface area contributed by atoms with Crippen LogP contribution in [0.15, 0.2) is 57.7 Å². The van der Waals surface area contributed by atoms with Gasteiger partial charge in [0.25, 0.3) is 5.91 Å². The van der Waals surface area contributed by atoms with E-state index >= 15 is 0 Å². The van der Waals surface area contributed by atoms with Crippen molar-refractivity contribution in [1.82, 2.24) is 9.80 Å². The Kier molecular flexibility index (Phi) is 4.96. The Balaban J connectivity index is 1.47. The SMILES string of the molecule is Cc1ccc2c(CN3CCN(C(=O)c4ccccc4F)CC3)cc(=O)oc2c1. The van der Waals surface area contributed by atoms with Gasteiger partial charge in [0.05, 0.1) is 5.56 Å². The molecule has 1 amide bonds. The molecular formula is C22H21FN2O3. The number of amides is 1. The molecule has 2 heterocycles. The van der Waals surface area contributed by atoms with Crippen LogP contribution in [0.25, 0.3) is 11.0 Å². The zero-order valence-electron chi connectivity index (χ0n) is 15.7. The second-order valence-electron chi connectivity index (χ2n) is 7.14. The average Bonchev–Trinajstić information content (AvgIpc) is 2.68. The van der Waals surface area contributed by atoms with Crippen molar-refractivity contribution in [3.8, 4) is 0 Å². The lowest BCUT2D eigenvalue weighted by atomic mass is 10.1. The Labute approximate surface area is 162 Å². The Morgan fingerprint density at radius 3 is 2.57 bits per heavy atom. The molecule has 0 radical (unpaired) electrons. The van der Waals surface area contributed by atoms with E-state index in [1.165, 1.54) is 18.2 Å². The number of nitrogens with zero attached hydrogens (tertiary/aromatic N) is 2. The number of benzene rings is 2. The van der Waals surface area contributed by atoms with Crippen molar-refractivity contribution >= 4 is 16.9 Å². The van der Waals surface area contributed by atoms with E-state index in [2.05, 4.69) is 4.90 Å². The summed E-state index contributed by atoms with van der Waals surface area (Å²) in [6, 6.07) is 13.4. The predicted octanol–water partition coefficient (Wildman–Crippen LogP) is 3.20. The Hall–Kier alpha value is -2.99. The van der Waals surface area contributed by atoms with E-state index in [0.717, 1.165) is 16.5 Å². The van der Waals surface area contributed by atoms with Gasteiger partial charge in [-0.15, -0.1) is 0 Å². The van der Waals surface area contributed by atoms with Crippen molar-refractivity contribution in [3.05, 3.63) is 81.5 Å².